The van der Waals surface area contributed by atoms with Gasteiger partial charge < -0.3 is 9.30 Å². The Hall–Kier alpha value is -2.63. The van der Waals surface area contributed by atoms with E-state index in [0.29, 0.717) is 6.42 Å². The molecular weight excluding hydrogens is 302 g/mol. The Labute approximate surface area is 140 Å². The largest absolute Gasteiger partial charge is 0.340 e. The number of piperidine rings is 1. The number of rotatable bonds is 3. The van der Waals surface area contributed by atoms with Gasteiger partial charge in [0.2, 0.25) is 5.91 Å². The fourth-order valence-corrected chi connectivity index (χ4v) is 3.45. The monoisotopic (exact) mass is 323 g/mol. The third-order valence-corrected chi connectivity index (χ3v) is 4.71. The normalized spacial score (nSPS) is 18.2. The van der Waals surface area contributed by atoms with Crippen molar-refractivity contribution in [2.24, 2.45) is 0 Å². The lowest BCUT2D eigenvalue weighted by Gasteiger charge is -2.32. The first-order valence-corrected chi connectivity index (χ1v) is 8.41. The second kappa shape index (κ2) is 6.11. The predicted octanol–water partition coefficient (Wildman–Crippen LogP) is 2.25. The Morgan fingerprint density at radius 3 is 3.04 bits per heavy atom. The van der Waals surface area contributed by atoms with E-state index < -0.39 is 0 Å². The van der Waals surface area contributed by atoms with Gasteiger partial charge in [0.1, 0.15) is 5.65 Å². The summed E-state index contributed by atoms with van der Waals surface area (Å²) in [5.41, 5.74) is 2.87. The van der Waals surface area contributed by atoms with Crippen LogP contribution in [0.2, 0.25) is 0 Å². The summed E-state index contributed by atoms with van der Waals surface area (Å²) in [6.45, 7) is 3.59. The van der Waals surface area contributed by atoms with Crippen LogP contribution < -0.4 is 0 Å². The van der Waals surface area contributed by atoms with Crippen LogP contribution in [0.5, 0.6) is 0 Å². The van der Waals surface area contributed by atoms with Crippen LogP contribution in [0, 0.1) is 6.92 Å². The van der Waals surface area contributed by atoms with Crippen molar-refractivity contribution in [1.29, 1.82) is 0 Å². The Morgan fingerprint density at radius 1 is 1.33 bits per heavy atom. The molecule has 24 heavy (non-hydrogen) atoms. The lowest BCUT2D eigenvalue weighted by atomic mass is 10.1. The molecule has 1 fully saturated rings. The number of carbonyl (C=O) groups is 1. The second-order valence-electron chi connectivity index (χ2n) is 6.45. The molecule has 0 unspecified atom stereocenters. The fourth-order valence-electron chi connectivity index (χ4n) is 3.45. The van der Waals surface area contributed by atoms with Gasteiger partial charge >= 0.3 is 0 Å². The molecule has 3 aromatic heterocycles. The number of pyridine rings is 1. The molecule has 3 aromatic rings. The van der Waals surface area contributed by atoms with E-state index in [1.54, 1.807) is 6.20 Å². The summed E-state index contributed by atoms with van der Waals surface area (Å²) in [4.78, 5) is 19.3. The van der Waals surface area contributed by atoms with Gasteiger partial charge in [-0.2, -0.15) is 5.10 Å². The zero-order valence-corrected chi connectivity index (χ0v) is 13.8. The van der Waals surface area contributed by atoms with Crippen LogP contribution in [0.15, 0.2) is 43.0 Å². The van der Waals surface area contributed by atoms with E-state index >= 15 is 0 Å². The van der Waals surface area contributed by atoms with Crippen molar-refractivity contribution in [3.8, 4) is 0 Å². The average molecular weight is 323 g/mol. The number of carbonyl (C=O) groups excluding carboxylic acids is 1. The van der Waals surface area contributed by atoms with Crippen molar-refractivity contribution in [2.75, 3.05) is 13.1 Å². The van der Waals surface area contributed by atoms with E-state index in [0.717, 1.165) is 42.8 Å². The number of aryl methyl sites for hydroxylation is 1. The summed E-state index contributed by atoms with van der Waals surface area (Å²) < 4.78 is 3.95. The molecule has 124 valence electrons. The van der Waals surface area contributed by atoms with Crippen molar-refractivity contribution >= 4 is 11.6 Å². The van der Waals surface area contributed by atoms with Gasteiger partial charge in [-0.1, -0.05) is 6.07 Å². The van der Waals surface area contributed by atoms with Gasteiger partial charge in [-0.25, -0.2) is 4.98 Å². The molecule has 0 aromatic carbocycles. The number of hydrogen-bond acceptors (Lipinski definition) is 3. The summed E-state index contributed by atoms with van der Waals surface area (Å²) in [5, 5.41) is 4.32. The van der Waals surface area contributed by atoms with Crippen LogP contribution in [0.1, 0.15) is 30.1 Å². The van der Waals surface area contributed by atoms with Crippen LogP contribution in [0.3, 0.4) is 0 Å². The minimum Gasteiger partial charge on any atom is -0.340 e. The molecule has 6 nitrogen and oxygen atoms in total. The summed E-state index contributed by atoms with van der Waals surface area (Å²) in [7, 11) is 0. The first-order valence-electron chi connectivity index (χ1n) is 8.41. The zero-order chi connectivity index (χ0) is 16.5. The van der Waals surface area contributed by atoms with E-state index in [4.69, 9.17) is 0 Å². The Morgan fingerprint density at radius 2 is 2.25 bits per heavy atom. The smallest absolute Gasteiger partial charge is 0.228 e. The molecule has 1 saturated heterocycles. The van der Waals surface area contributed by atoms with Crippen molar-refractivity contribution in [3.63, 3.8) is 0 Å². The molecule has 4 heterocycles. The molecule has 0 saturated carbocycles. The molecule has 1 aliphatic heterocycles. The standard InChI is InChI=1S/C18H21N5O/c1-14-5-2-9-22-12-15(20-18(14)22)11-17(24)21-8-3-6-16(13-21)23-10-4-7-19-23/h2,4-5,7,9-10,12,16H,3,6,8,11,13H2,1H3/t16-/m0/s1. The number of imidazole rings is 1. The minimum atomic E-state index is 0.146. The molecule has 0 bridgehead atoms. The molecular formula is C18H21N5O. The number of amides is 1. The molecule has 1 aliphatic rings. The number of nitrogens with zero attached hydrogens (tertiary/aromatic N) is 5. The SMILES string of the molecule is Cc1cccn2cc(CC(=O)N3CCC[C@H](n4cccn4)C3)nc12. The molecule has 6 heteroatoms. The molecule has 0 radical (unpaired) electrons. The third-order valence-electron chi connectivity index (χ3n) is 4.71. The summed E-state index contributed by atoms with van der Waals surface area (Å²) in [6, 6.07) is 6.24. The van der Waals surface area contributed by atoms with E-state index in [2.05, 4.69) is 10.1 Å². The quantitative estimate of drug-likeness (QED) is 0.743. The van der Waals surface area contributed by atoms with E-state index in [-0.39, 0.29) is 11.9 Å². The first kappa shape index (κ1) is 14.9. The van der Waals surface area contributed by atoms with Gasteiger partial charge in [0.25, 0.3) is 0 Å². The highest BCUT2D eigenvalue weighted by molar-refractivity contribution is 5.78. The van der Waals surface area contributed by atoms with Gasteiger partial charge in [0.15, 0.2) is 0 Å². The van der Waals surface area contributed by atoms with Crippen LogP contribution in [0.4, 0.5) is 0 Å². The third kappa shape index (κ3) is 2.79. The van der Waals surface area contributed by atoms with Gasteiger partial charge in [0, 0.05) is 37.9 Å². The second-order valence-corrected chi connectivity index (χ2v) is 6.45. The maximum absolute atomic E-state index is 12.7. The number of aromatic nitrogens is 4. The maximum atomic E-state index is 12.7. The lowest BCUT2D eigenvalue weighted by molar-refractivity contribution is -0.132. The van der Waals surface area contributed by atoms with Gasteiger partial charge in [0.05, 0.1) is 18.2 Å². The van der Waals surface area contributed by atoms with Gasteiger partial charge in [-0.05, 0) is 37.5 Å². The topological polar surface area (TPSA) is 55.4 Å². The highest BCUT2D eigenvalue weighted by Gasteiger charge is 2.25. The van der Waals surface area contributed by atoms with E-state index in [1.165, 1.54) is 0 Å². The van der Waals surface area contributed by atoms with E-state index in [9.17, 15) is 4.79 Å². The highest BCUT2D eigenvalue weighted by Crippen LogP contribution is 2.21. The van der Waals surface area contributed by atoms with E-state index in [1.807, 2.05) is 57.7 Å². The summed E-state index contributed by atoms with van der Waals surface area (Å²) >= 11 is 0. The number of likely N-dealkylation sites (tertiary alicyclic amines) is 1. The highest BCUT2D eigenvalue weighted by atomic mass is 16.2. The van der Waals surface area contributed by atoms with Crippen LogP contribution >= 0.6 is 0 Å². The molecule has 4 rings (SSSR count). The molecule has 0 N–H and O–H groups in total. The number of hydrogen-bond donors (Lipinski definition) is 0. The van der Waals surface area contributed by atoms with Crippen LogP contribution in [0.25, 0.3) is 5.65 Å². The van der Waals surface area contributed by atoms with Crippen LogP contribution in [-0.2, 0) is 11.2 Å². The average Bonchev–Trinajstić information content (AvgIpc) is 3.25. The van der Waals surface area contributed by atoms with Crippen molar-refractivity contribution < 1.29 is 4.79 Å². The zero-order valence-electron chi connectivity index (χ0n) is 13.8. The summed E-state index contributed by atoms with van der Waals surface area (Å²) in [5.74, 6) is 0.146. The Kier molecular flexibility index (Phi) is 3.80. The predicted molar refractivity (Wildman–Crippen MR) is 90.7 cm³/mol. The molecule has 1 amide bonds. The van der Waals surface area contributed by atoms with Crippen molar-refractivity contribution in [2.45, 2.75) is 32.2 Å². The molecule has 0 aliphatic carbocycles. The molecule has 0 spiro atoms. The fraction of sp³-hybridized carbons (Fsp3) is 0.389. The minimum absolute atomic E-state index is 0.146. The van der Waals surface area contributed by atoms with Crippen molar-refractivity contribution in [1.82, 2.24) is 24.1 Å². The van der Waals surface area contributed by atoms with Gasteiger partial charge in [-0.15, -0.1) is 0 Å². The first-order chi connectivity index (χ1) is 11.7. The van der Waals surface area contributed by atoms with Crippen LogP contribution in [-0.4, -0.2) is 43.1 Å². The Balaban J connectivity index is 1.47. The Bertz CT molecular complexity index is 852. The van der Waals surface area contributed by atoms with Gasteiger partial charge in [-0.3, -0.25) is 9.48 Å². The van der Waals surface area contributed by atoms with Crippen molar-refractivity contribution in [3.05, 3.63) is 54.2 Å². The maximum Gasteiger partial charge on any atom is 0.228 e. The summed E-state index contributed by atoms with van der Waals surface area (Å²) in [6.07, 6.45) is 10.1. The lowest BCUT2D eigenvalue weighted by Crippen LogP contribution is -2.41. The number of fused-ring (bicyclic) bond motifs is 1. The molecule has 1 atom stereocenters.